The van der Waals surface area contributed by atoms with Gasteiger partial charge in [0.15, 0.2) is 0 Å². The number of carbonyl (C=O) groups excluding carboxylic acids is 1. The standard InChI is InChI=1S/C24H21ClN2O2/c1-18(15-19-5-3-2-4-6-19)16-26-27-24(28)21-9-13-23(14-10-21)29-17-20-7-11-22(25)12-8-20/h2-16H,17H2,1H3,(H,27,28)/b18-15-,26-16+. The van der Waals surface area contributed by atoms with E-state index in [1.165, 1.54) is 0 Å². The normalized spacial score (nSPS) is 11.4. The van der Waals surface area contributed by atoms with E-state index in [0.29, 0.717) is 22.9 Å². The lowest BCUT2D eigenvalue weighted by Crippen LogP contribution is -2.17. The largest absolute Gasteiger partial charge is 0.489 e. The molecular formula is C24H21ClN2O2. The van der Waals surface area contributed by atoms with E-state index in [1.54, 1.807) is 30.5 Å². The number of nitrogens with one attached hydrogen (secondary N) is 1. The zero-order valence-electron chi connectivity index (χ0n) is 16.0. The first-order valence-corrected chi connectivity index (χ1v) is 9.52. The summed E-state index contributed by atoms with van der Waals surface area (Å²) in [6.45, 7) is 2.36. The fourth-order valence-electron chi connectivity index (χ4n) is 2.56. The third-order valence-electron chi connectivity index (χ3n) is 4.06. The molecule has 1 N–H and O–H groups in total. The molecule has 0 bridgehead atoms. The lowest BCUT2D eigenvalue weighted by atomic mass is 10.1. The number of benzene rings is 3. The van der Waals surface area contributed by atoms with Crippen LogP contribution in [0, 0.1) is 0 Å². The van der Waals surface area contributed by atoms with Crippen molar-refractivity contribution in [1.82, 2.24) is 5.43 Å². The fourth-order valence-corrected chi connectivity index (χ4v) is 2.68. The van der Waals surface area contributed by atoms with Crippen LogP contribution in [0.2, 0.25) is 5.02 Å². The molecule has 0 spiro atoms. The van der Waals surface area contributed by atoms with Gasteiger partial charge in [-0.25, -0.2) is 5.43 Å². The van der Waals surface area contributed by atoms with Gasteiger partial charge in [-0.15, -0.1) is 0 Å². The smallest absolute Gasteiger partial charge is 0.271 e. The number of hydrazone groups is 1. The fraction of sp³-hybridized carbons (Fsp3) is 0.0833. The Labute approximate surface area is 175 Å². The molecule has 3 aromatic carbocycles. The summed E-state index contributed by atoms with van der Waals surface area (Å²) < 4.78 is 5.72. The third kappa shape index (κ3) is 6.63. The van der Waals surface area contributed by atoms with Gasteiger partial charge >= 0.3 is 0 Å². The molecule has 4 nitrogen and oxygen atoms in total. The van der Waals surface area contributed by atoms with Crippen molar-refractivity contribution in [3.8, 4) is 5.75 Å². The van der Waals surface area contributed by atoms with Crippen molar-refractivity contribution in [1.29, 1.82) is 0 Å². The van der Waals surface area contributed by atoms with Crippen LogP contribution >= 0.6 is 11.6 Å². The minimum atomic E-state index is -0.280. The highest BCUT2D eigenvalue weighted by Gasteiger charge is 2.04. The number of allylic oxidation sites excluding steroid dienone is 1. The van der Waals surface area contributed by atoms with Gasteiger partial charge in [0.1, 0.15) is 12.4 Å². The molecule has 29 heavy (non-hydrogen) atoms. The predicted octanol–water partition coefficient (Wildman–Crippen LogP) is 5.74. The minimum Gasteiger partial charge on any atom is -0.489 e. The van der Waals surface area contributed by atoms with Gasteiger partial charge in [0.05, 0.1) is 6.21 Å². The molecule has 0 aliphatic carbocycles. The van der Waals surface area contributed by atoms with E-state index >= 15 is 0 Å². The van der Waals surface area contributed by atoms with Gasteiger partial charge in [-0.1, -0.05) is 60.1 Å². The second kappa shape index (κ2) is 10.2. The van der Waals surface area contributed by atoms with E-state index in [-0.39, 0.29) is 5.91 Å². The average molecular weight is 405 g/mol. The molecule has 0 aliphatic rings. The zero-order chi connectivity index (χ0) is 20.5. The van der Waals surface area contributed by atoms with Crippen molar-refractivity contribution in [2.24, 2.45) is 5.10 Å². The second-order valence-corrected chi connectivity index (χ2v) is 6.87. The summed E-state index contributed by atoms with van der Waals surface area (Å²) in [5, 5.41) is 4.71. The van der Waals surface area contributed by atoms with Crippen molar-refractivity contribution in [3.05, 3.63) is 106 Å². The van der Waals surface area contributed by atoms with E-state index in [2.05, 4.69) is 10.5 Å². The van der Waals surface area contributed by atoms with Crippen LogP contribution in [0.3, 0.4) is 0 Å². The van der Waals surface area contributed by atoms with Gasteiger partial charge < -0.3 is 4.74 Å². The molecule has 0 radical (unpaired) electrons. The van der Waals surface area contributed by atoms with Gasteiger partial charge in [-0.3, -0.25) is 4.79 Å². The van der Waals surface area contributed by atoms with Crippen LogP contribution in [0.15, 0.2) is 89.5 Å². The van der Waals surface area contributed by atoms with E-state index < -0.39 is 0 Å². The van der Waals surface area contributed by atoms with Crippen molar-refractivity contribution in [2.45, 2.75) is 13.5 Å². The molecule has 0 unspecified atom stereocenters. The van der Waals surface area contributed by atoms with Crippen LogP contribution in [0.25, 0.3) is 6.08 Å². The molecule has 0 saturated heterocycles. The van der Waals surface area contributed by atoms with Crippen LogP contribution in [0.4, 0.5) is 0 Å². The number of nitrogens with zero attached hydrogens (tertiary/aromatic N) is 1. The summed E-state index contributed by atoms with van der Waals surface area (Å²) in [6, 6.07) is 24.3. The maximum Gasteiger partial charge on any atom is 0.271 e. The number of carbonyl (C=O) groups is 1. The van der Waals surface area contributed by atoms with Gasteiger partial charge in [-0.05, 0) is 60.0 Å². The molecule has 3 aromatic rings. The molecule has 5 heteroatoms. The predicted molar refractivity (Wildman–Crippen MR) is 118 cm³/mol. The zero-order valence-corrected chi connectivity index (χ0v) is 16.8. The van der Waals surface area contributed by atoms with Crippen LogP contribution in [0.5, 0.6) is 5.75 Å². The van der Waals surface area contributed by atoms with E-state index in [9.17, 15) is 4.79 Å². The topological polar surface area (TPSA) is 50.7 Å². The van der Waals surface area contributed by atoms with Crippen molar-refractivity contribution < 1.29 is 9.53 Å². The molecule has 0 saturated carbocycles. The SMILES string of the molecule is CC(=C/c1ccccc1)/C=N/NC(=O)c1ccc(OCc2ccc(Cl)cc2)cc1. The molecular weight excluding hydrogens is 384 g/mol. The van der Waals surface area contributed by atoms with Crippen LogP contribution in [-0.2, 0) is 6.61 Å². The van der Waals surface area contributed by atoms with Gasteiger partial charge in [0.25, 0.3) is 5.91 Å². The summed E-state index contributed by atoms with van der Waals surface area (Å²) in [4.78, 5) is 12.2. The number of hydrogen-bond acceptors (Lipinski definition) is 3. The number of amides is 1. The minimum absolute atomic E-state index is 0.280. The van der Waals surface area contributed by atoms with Gasteiger partial charge in [0, 0.05) is 10.6 Å². The van der Waals surface area contributed by atoms with Crippen LogP contribution in [0.1, 0.15) is 28.4 Å². The molecule has 1 amide bonds. The lowest BCUT2D eigenvalue weighted by Gasteiger charge is -2.07. The lowest BCUT2D eigenvalue weighted by molar-refractivity contribution is 0.0955. The number of hydrogen-bond donors (Lipinski definition) is 1. The maximum atomic E-state index is 12.2. The monoisotopic (exact) mass is 404 g/mol. The Morgan fingerprint density at radius 1 is 1.00 bits per heavy atom. The molecule has 0 fully saturated rings. The molecule has 146 valence electrons. The molecule has 0 aliphatic heterocycles. The Balaban J connectivity index is 1.50. The van der Waals surface area contributed by atoms with Crippen molar-refractivity contribution in [2.75, 3.05) is 0 Å². The highest BCUT2D eigenvalue weighted by atomic mass is 35.5. The first-order chi connectivity index (χ1) is 14.1. The van der Waals surface area contributed by atoms with E-state index in [1.807, 2.05) is 67.6 Å². The van der Waals surface area contributed by atoms with E-state index in [0.717, 1.165) is 16.7 Å². The average Bonchev–Trinajstić information content (AvgIpc) is 2.74. The number of halogens is 1. The highest BCUT2D eigenvalue weighted by molar-refractivity contribution is 6.30. The molecule has 0 heterocycles. The summed E-state index contributed by atoms with van der Waals surface area (Å²) in [5.41, 5.74) is 6.07. The number of rotatable bonds is 7. The first-order valence-electron chi connectivity index (χ1n) is 9.14. The van der Waals surface area contributed by atoms with Crippen molar-refractivity contribution in [3.63, 3.8) is 0 Å². The van der Waals surface area contributed by atoms with Crippen LogP contribution in [-0.4, -0.2) is 12.1 Å². The Hall–Kier alpha value is -3.37. The highest BCUT2D eigenvalue weighted by Crippen LogP contribution is 2.16. The Morgan fingerprint density at radius 2 is 1.69 bits per heavy atom. The van der Waals surface area contributed by atoms with Crippen LogP contribution < -0.4 is 10.2 Å². The van der Waals surface area contributed by atoms with Crippen molar-refractivity contribution >= 4 is 29.8 Å². The second-order valence-electron chi connectivity index (χ2n) is 6.44. The molecule has 0 aromatic heterocycles. The summed E-state index contributed by atoms with van der Waals surface area (Å²) in [7, 11) is 0. The third-order valence-corrected chi connectivity index (χ3v) is 4.32. The first kappa shape index (κ1) is 20.4. The van der Waals surface area contributed by atoms with E-state index in [4.69, 9.17) is 16.3 Å². The molecule has 0 atom stereocenters. The Morgan fingerprint density at radius 3 is 2.38 bits per heavy atom. The molecule has 3 rings (SSSR count). The Kier molecular flexibility index (Phi) is 7.20. The van der Waals surface area contributed by atoms with Gasteiger partial charge in [0.2, 0.25) is 0 Å². The summed E-state index contributed by atoms with van der Waals surface area (Å²) in [5.74, 6) is 0.402. The summed E-state index contributed by atoms with van der Waals surface area (Å²) >= 11 is 5.87. The number of ether oxygens (including phenoxy) is 1. The summed E-state index contributed by atoms with van der Waals surface area (Å²) in [6.07, 6.45) is 3.61. The quantitative estimate of drug-likeness (QED) is 0.403. The maximum absolute atomic E-state index is 12.2. The van der Waals surface area contributed by atoms with Gasteiger partial charge in [-0.2, -0.15) is 5.10 Å². The Bertz CT molecular complexity index is 995.